The Morgan fingerprint density at radius 3 is 2.93 bits per heavy atom. The van der Waals surface area contributed by atoms with Gasteiger partial charge in [0.1, 0.15) is 5.75 Å². The zero-order valence-electron chi connectivity index (χ0n) is 15.7. The van der Waals surface area contributed by atoms with Crippen LogP contribution in [-0.4, -0.2) is 43.5 Å². The average Bonchev–Trinajstić information content (AvgIpc) is 3.47. The van der Waals surface area contributed by atoms with E-state index < -0.39 is 6.61 Å². The Bertz CT molecular complexity index is 1010. The van der Waals surface area contributed by atoms with Crippen molar-refractivity contribution in [1.29, 1.82) is 0 Å². The summed E-state index contributed by atoms with van der Waals surface area (Å²) in [5.74, 6) is -0.0865. The van der Waals surface area contributed by atoms with Gasteiger partial charge in [-0.3, -0.25) is 4.79 Å². The van der Waals surface area contributed by atoms with Crippen LogP contribution in [0.5, 0.6) is 5.75 Å². The van der Waals surface area contributed by atoms with Crippen LogP contribution in [-0.2, 0) is 4.79 Å². The van der Waals surface area contributed by atoms with Crippen molar-refractivity contribution in [2.75, 3.05) is 11.1 Å². The summed E-state index contributed by atoms with van der Waals surface area (Å²) in [4.78, 5) is 16.7. The molecule has 0 unspecified atom stereocenters. The van der Waals surface area contributed by atoms with E-state index in [0.29, 0.717) is 27.6 Å². The number of thiazole rings is 1. The highest BCUT2D eigenvalue weighted by atomic mass is 32.2. The van der Waals surface area contributed by atoms with Gasteiger partial charge in [0.25, 0.3) is 0 Å². The topological polar surface area (TPSA) is 94.8 Å². The number of carbonyl (C=O) groups is 1. The molecule has 0 radical (unpaired) electrons. The normalized spacial score (nSPS) is 14.4. The summed E-state index contributed by atoms with van der Waals surface area (Å²) in [5, 5.41) is 17.2. The minimum Gasteiger partial charge on any atom is -0.434 e. The van der Waals surface area contributed by atoms with Crippen LogP contribution in [0.1, 0.15) is 31.7 Å². The summed E-state index contributed by atoms with van der Waals surface area (Å²) in [6.45, 7) is -2.93. The van der Waals surface area contributed by atoms with E-state index in [1.54, 1.807) is 28.3 Å². The summed E-state index contributed by atoms with van der Waals surface area (Å²) < 4.78 is 31.6. The Morgan fingerprint density at radius 2 is 2.13 bits per heavy atom. The molecule has 2 heterocycles. The number of nitrogens with one attached hydrogen (secondary N) is 1. The number of carbonyl (C=O) groups excluding carboxylic acids is 1. The number of amides is 1. The molecule has 158 valence electrons. The fourth-order valence-corrected chi connectivity index (χ4v) is 4.75. The van der Waals surface area contributed by atoms with E-state index in [1.807, 2.05) is 0 Å². The van der Waals surface area contributed by atoms with E-state index in [1.165, 1.54) is 29.2 Å². The van der Waals surface area contributed by atoms with Crippen molar-refractivity contribution in [3.05, 3.63) is 29.6 Å². The van der Waals surface area contributed by atoms with Gasteiger partial charge in [-0.05, 0) is 35.4 Å². The van der Waals surface area contributed by atoms with Crippen LogP contribution < -0.4 is 10.1 Å². The Balaban J connectivity index is 1.37. The van der Waals surface area contributed by atoms with Gasteiger partial charge in [-0.15, -0.1) is 16.4 Å². The Kier molecular flexibility index (Phi) is 6.53. The summed E-state index contributed by atoms with van der Waals surface area (Å²) >= 11 is 2.47. The maximum absolute atomic E-state index is 12.6. The molecular formula is C18H18F2N6O2S2. The van der Waals surface area contributed by atoms with E-state index in [-0.39, 0.29) is 17.4 Å². The predicted octanol–water partition coefficient (Wildman–Crippen LogP) is 4.24. The van der Waals surface area contributed by atoms with Crippen LogP contribution in [0.3, 0.4) is 0 Å². The molecule has 0 atom stereocenters. The first-order chi connectivity index (χ1) is 14.6. The minimum atomic E-state index is -2.93. The lowest BCUT2D eigenvalue weighted by atomic mass is 10.1. The van der Waals surface area contributed by atoms with Crippen LogP contribution >= 0.6 is 23.1 Å². The van der Waals surface area contributed by atoms with Crippen molar-refractivity contribution in [3.8, 4) is 17.0 Å². The molecule has 4 rings (SSSR count). The summed E-state index contributed by atoms with van der Waals surface area (Å²) in [6, 6.07) is 6.69. The zero-order chi connectivity index (χ0) is 20.9. The molecule has 2 aromatic heterocycles. The number of aromatic nitrogens is 5. The number of para-hydroxylation sites is 1. The Hall–Kier alpha value is -2.60. The number of tetrazole rings is 1. The third kappa shape index (κ3) is 4.93. The molecule has 1 saturated carbocycles. The van der Waals surface area contributed by atoms with Gasteiger partial charge < -0.3 is 10.1 Å². The van der Waals surface area contributed by atoms with Crippen LogP contribution in [0.4, 0.5) is 13.9 Å². The van der Waals surface area contributed by atoms with Crippen molar-refractivity contribution >= 4 is 34.1 Å². The molecule has 1 N–H and O–H groups in total. The van der Waals surface area contributed by atoms with E-state index in [9.17, 15) is 13.6 Å². The molecule has 1 amide bonds. The number of hydrogen-bond donors (Lipinski definition) is 1. The van der Waals surface area contributed by atoms with Gasteiger partial charge in [-0.2, -0.15) is 8.78 Å². The van der Waals surface area contributed by atoms with Crippen LogP contribution in [0.2, 0.25) is 0 Å². The van der Waals surface area contributed by atoms with E-state index in [4.69, 9.17) is 0 Å². The third-order valence-corrected chi connectivity index (χ3v) is 6.29. The largest absolute Gasteiger partial charge is 0.434 e. The first-order valence-electron chi connectivity index (χ1n) is 9.30. The van der Waals surface area contributed by atoms with E-state index in [0.717, 1.165) is 25.7 Å². The number of halogens is 2. The van der Waals surface area contributed by atoms with Gasteiger partial charge in [0.2, 0.25) is 11.1 Å². The van der Waals surface area contributed by atoms with Gasteiger partial charge in [-0.1, -0.05) is 36.7 Å². The standard InChI is InChI=1S/C18H18F2N6O2S2/c19-16(20)28-14-8-4-3-7-12(14)13-9-29-17(21-13)22-15(27)10-30-18-23-24-25-26(18)11-5-1-2-6-11/h3-4,7-9,11,16H,1-2,5-6,10H2,(H,21,22,27). The molecule has 1 aromatic carbocycles. The number of alkyl halides is 2. The molecular weight excluding hydrogens is 434 g/mol. The molecule has 1 aliphatic carbocycles. The van der Waals surface area contributed by atoms with Crippen LogP contribution in [0.15, 0.2) is 34.8 Å². The molecule has 3 aromatic rings. The molecule has 1 fully saturated rings. The number of nitrogens with zero attached hydrogens (tertiary/aromatic N) is 5. The fourth-order valence-electron chi connectivity index (χ4n) is 3.28. The van der Waals surface area contributed by atoms with E-state index >= 15 is 0 Å². The summed E-state index contributed by atoms with van der Waals surface area (Å²) in [6.07, 6.45) is 4.41. The Morgan fingerprint density at radius 1 is 1.33 bits per heavy atom. The predicted molar refractivity (Wildman–Crippen MR) is 109 cm³/mol. The van der Waals surface area contributed by atoms with Gasteiger partial charge in [0.15, 0.2) is 5.13 Å². The van der Waals surface area contributed by atoms with Crippen molar-refractivity contribution in [2.24, 2.45) is 0 Å². The van der Waals surface area contributed by atoms with Gasteiger partial charge in [-0.25, -0.2) is 9.67 Å². The highest BCUT2D eigenvalue weighted by Gasteiger charge is 2.22. The maximum atomic E-state index is 12.6. The molecule has 8 nitrogen and oxygen atoms in total. The monoisotopic (exact) mass is 452 g/mol. The molecule has 12 heteroatoms. The van der Waals surface area contributed by atoms with Crippen LogP contribution in [0, 0.1) is 0 Å². The number of anilines is 1. The maximum Gasteiger partial charge on any atom is 0.387 e. The van der Waals surface area contributed by atoms with E-state index in [2.05, 4.69) is 30.6 Å². The van der Waals surface area contributed by atoms with Gasteiger partial charge >= 0.3 is 6.61 Å². The molecule has 0 spiro atoms. The van der Waals surface area contributed by atoms with Crippen molar-refractivity contribution in [1.82, 2.24) is 25.2 Å². The number of ether oxygens (including phenoxy) is 1. The second kappa shape index (κ2) is 9.47. The second-order valence-electron chi connectivity index (χ2n) is 6.59. The lowest BCUT2D eigenvalue weighted by molar-refractivity contribution is -0.113. The molecule has 0 saturated heterocycles. The fraction of sp³-hybridized carbons (Fsp3) is 0.389. The van der Waals surface area contributed by atoms with Gasteiger partial charge in [0.05, 0.1) is 17.5 Å². The zero-order valence-corrected chi connectivity index (χ0v) is 17.3. The number of benzene rings is 1. The number of rotatable bonds is 8. The number of thioether (sulfide) groups is 1. The Labute approximate surface area is 179 Å². The first kappa shape index (κ1) is 20.7. The van der Waals surface area contributed by atoms with Crippen molar-refractivity contribution in [2.45, 2.75) is 43.5 Å². The van der Waals surface area contributed by atoms with Crippen molar-refractivity contribution < 1.29 is 18.3 Å². The SMILES string of the molecule is O=C(CSc1nnnn1C1CCCC1)Nc1nc(-c2ccccc2OC(F)F)cs1. The highest BCUT2D eigenvalue weighted by molar-refractivity contribution is 7.99. The summed E-state index contributed by atoms with van der Waals surface area (Å²) in [5.41, 5.74) is 0.879. The molecule has 1 aliphatic rings. The molecule has 0 bridgehead atoms. The minimum absolute atomic E-state index is 0.0324. The smallest absolute Gasteiger partial charge is 0.387 e. The lowest BCUT2D eigenvalue weighted by Gasteiger charge is -2.10. The first-order valence-corrected chi connectivity index (χ1v) is 11.2. The second-order valence-corrected chi connectivity index (χ2v) is 8.39. The quantitative estimate of drug-likeness (QED) is 0.511. The lowest BCUT2D eigenvalue weighted by Crippen LogP contribution is -2.15. The van der Waals surface area contributed by atoms with Crippen molar-refractivity contribution in [3.63, 3.8) is 0 Å². The third-order valence-electron chi connectivity index (χ3n) is 4.60. The molecule has 0 aliphatic heterocycles. The molecule has 30 heavy (non-hydrogen) atoms. The summed E-state index contributed by atoms with van der Waals surface area (Å²) in [7, 11) is 0. The number of hydrogen-bond acceptors (Lipinski definition) is 8. The average molecular weight is 453 g/mol. The van der Waals surface area contributed by atoms with Gasteiger partial charge in [0, 0.05) is 10.9 Å². The van der Waals surface area contributed by atoms with Crippen LogP contribution in [0.25, 0.3) is 11.3 Å². The highest BCUT2D eigenvalue weighted by Crippen LogP contribution is 2.33.